The molecule has 2 N–H and O–H groups in total. The molecule has 1 aliphatic heterocycles. The van der Waals surface area contributed by atoms with Gasteiger partial charge < -0.3 is 24.8 Å². The highest BCUT2D eigenvalue weighted by Gasteiger charge is 2.48. The second kappa shape index (κ2) is 6.76. The SMILES string of the molecule is COC1(C)CN(C(=O)OC(C)(C)C)C[C@@H]1Oc1cc(Br)cnc1N. The third-order valence-electron chi connectivity index (χ3n) is 3.81. The minimum atomic E-state index is -0.675. The van der Waals surface area contributed by atoms with E-state index >= 15 is 0 Å². The molecule has 1 saturated heterocycles. The molecule has 0 aliphatic carbocycles. The van der Waals surface area contributed by atoms with E-state index in [9.17, 15) is 4.79 Å². The average molecular weight is 402 g/mol. The lowest BCUT2D eigenvalue weighted by Gasteiger charge is -2.29. The first-order chi connectivity index (χ1) is 11.0. The summed E-state index contributed by atoms with van der Waals surface area (Å²) in [6.07, 6.45) is 0.810. The standard InChI is InChI=1S/C16H24BrN3O4/c1-15(2,3)24-14(21)20-8-12(16(4,9-20)22-5)23-11-6-10(17)7-19-13(11)18/h6-7,12H,8-9H2,1-5H3,(H2,18,19)/t12-,16?/m0/s1. The summed E-state index contributed by atoms with van der Waals surface area (Å²) < 4.78 is 17.8. The van der Waals surface area contributed by atoms with Crippen molar-refractivity contribution in [1.82, 2.24) is 9.88 Å². The number of ether oxygens (including phenoxy) is 3. The molecule has 2 rings (SSSR count). The maximum absolute atomic E-state index is 12.3. The van der Waals surface area contributed by atoms with Crippen LogP contribution in [0.25, 0.3) is 0 Å². The summed E-state index contributed by atoms with van der Waals surface area (Å²) in [5.74, 6) is 0.732. The molecule has 1 unspecified atom stereocenters. The molecule has 134 valence electrons. The number of carbonyl (C=O) groups is 1. The van der Waals surface area contributed by atoms with Crippen LogP contribution in [0.5, 0.6) is 5.75 Å². The number of nitrogens with two attached hydrogens (primary N) is 1. The van der Waals surface area contributed by atoms with Crippen LogP contribution < -0.4 is 10.5 Å². The number of hydrogen-bond acceptors (Lipinski definition) is 6. The highest BCUT2D eigenvalue weighted by atomic mass is 79.9. The molecule has 0 saturated carbocycles. The van der Waals surface area contributed by atoms with Crippen LogP contribution in [0.3, 0.4) is 0 Å². The topological polar surface area (TPSA) is 86.9 Å². The third-order valence-corrected chi connectivity index (χ3v) is 4.24. The Bertz CT molecular complexity index is 620. The van der Waals surface area contributed by atoms with Crippen LogP contribution in [-0.2, 0) is 9.47 Å². The molecule has 1 aromatic rings. The minimum absolute atomic E-state index is 0.285. The van der Waals surface area contributed by atoms with Gasteiger partial charge in [-0.2, -0.15) is 0 Å². The lowest BCUT2D eigenvalue weighted by molar-refractivity contribution is -0.0490. The minimum Gasteiger partial charge on any atom is -0.482 e. The molecule has 0 aromatic carbocycles. The van der Waals surface area contributed by atoms with Gasteiger partial charge in [-0.15, -0.1) is 0 Å². The number of nitrogens with zero attached hydrogens (tertiary/aromatic N) is 2. The average Bonchev–Trinajstić information content (AvgIpc) is 2.79. The molecule has 1 aromatic heterocycles. The van der Waals surface area contributed by atoms with E-state index < -0.39 is 23.4 Å². The van der Waals surface area contributed by atoms with Crippen molar-refractivity contribution in [3.05, 3.63) is 16.7 Å². The van der Waals surface area contributed by atoms with Gasteiger partial charge in [0.1, 0.15) is 17.3 Å². The molecule has 1 aliphatic rings. The van der Waals surface area contributed by atoms with Crippen molar-refractivity contribution < 1.29 is 19.0 Å². The Balaban J connectivity index is 2.17. The largest absolute Gasteiger partial charge is 0.482 e. The number of aromatic nitrogens is 1. The van der Waals surface area contributed by atoms with Crippen molar-refractivity contribution >= 4 is 27.8 Å². The van der Waals surface area contributed by atoms with Crippen LogP contribution in [0.1, 0.15) is 27.7 Å². The van der Waals surface area contributed by atoms with Crippen LogP contribution in [0, 0.1) is 0 Å². The van der Waals surface area contributed by atoms with E-state index in [4.69, 9.17) is 19.9 Å². The summed E-state index contributed by atoms with van der Waals surface area (Å²) in [5.41, 5.74) is 4.64. The molecule has 1 fully saturated rings. The van der Waals surface area contributed by atoms with Gasteiger partial charge in [0.05, 0.1) is 13.1 Å². The zero-order valence-electron chi connectivity index (χ0n) is 14.6. The van der Waals surface area contributed by atoms with Gasteiger partial charge in [-0.3, -0.25) is 0 Å². The predicted octanol–water partition coefficient (Wildman–Crippen LogP) is 2.83. The molecule has 2 heterocycles. The summed E-state index contributed by atoms with van der Waals surface area (Å²) in [5, 5.41) is 0. The lowest BCUT2D eigenvalue weighted by Crippen LogP contribution is -2.44. The van der Waals surface area contributed by atoms with Gasteiger partial charge in [0.25, 0.3) is 0 Å². The Morgan fingerprint density at radius 2 is 2.17 bits per heavy atom. The van der Waals surface area contributed by atoms with Gasteiger partial charge in [-0.1, -0.05) is 0 Å². The van der Waals surface area contributed by atoms with Crippen molar-refractivity contribution in [2.75, 3.05) is 25.9 Å². The number of anilines is 1. The van der Waals surface area contributed by atoms with Crippen molar-refractivity contribution in [1.29, 1.82) is 0 Å². The fraction of sp³-hybridized carbons (Fsp3) is 0.625. The number of methoxy groups -OCH3 is 1. The number of rotatable bonds is 3. The van der Waals surface area contributed by atoms with Crippen LogP contribution >= 0.6 is 15.9 Å². The summed E-state index contributed by atoms with van der Waals surface area (Å²) in [6, 6.07) is 1.74. The highest BCUT2D eigenvalue weighted by Crippen LogP contribution is 2.32. The van der Waals surface area contributed by atoms with E-state index in [1.165, 1.54) is 0 Å². The molecule has 7 nitrogen and oxygen atoms in total. The van der Waals surface area contributed by atoms with Gasteiger partial charge in [0, 0.05) is 17.8 Å². The van der Waals surface area contributed by atoms with E-state index in [0.717, 1.165) is 4.47 Å². The molecular weight excluding hydrogens is 378 g/mol. The molecule has 8 heteroatoms. The van der Waals surface area contributed by atoms with Gasteiger partial charge in [-0.25, -0.2) is 9.78 Å². The number of pyridine rings is 1. The summed E-state index contributed by atoms with van der Waals surface area (Å²) in [6.45, 7) is 8.09. The van der Waals surface area contributed by atoms with E-state index in [-0.39, 0.29) is 5.82 Å². The smallest absolute Gasteiger partial charge is 0.410 e. The first-order valence-corrected chi connectivity index (χ1v) is 8.44. The molecule has 24 heavy (non-hydrogen) atoms. The number of likely N-dealkylation sites (tertiary alicyclic amines) is 1. The van der Waals surface area contributed by atoms with E-state index in [1.807, 2.05) is 27.7 Å². The Morgan fingerprint density at radius 1 is 1.50 bits per heavy atom. The molecular formula is C16H24BrN3O4. The number of carbonyl (C=O) groups excluding carboxylic acids is 1. The van der Waals surface area contributed by atoms with Crippen LogP contribution in [-0.4, -0.2) is 53.5 Å². The zero-order valence-corrected chi connectivity index (χ0v) is 16.2. The number of nitrogen functional groups attached to an aromatic ring is 1. The number of amides is 1. The fourth-order valence-corrected chi connectivity index (χ4v) is 2.75. The summed E-state index contributed by atoms with van der Waals surface area (Å²) >= 11 is 3.35. The molecule has 2 atom stereocenters. The van der Waals surface area contributed by atoms with Crippen LogP contribution in [0.15, 0.2) is 16.7 Å². The zero-order chi connectivity index (χ0) is 18.1. The van der Waals surface area contributed by atoms with Crippen molar-refractivity contribution in [2.24, 2.45) is 0 Å². The van der Waals surface area contributed by atoms with Gasteiger partial charge in [-0.05, 0) is 49.7 Å². The van der Waals surface area contributed by atoms with Crippen molar-refractivity contribution in [3.8, 4) is 5.75 Å². The Kier molecular flexibility index (Phi) is 5.29. The molecule has 0 radical (unpaired) electrons. The van der Waals surface area contributed by atoms with Gasteiger partial charge in [0.2, 0.25) is 0 Å². The first kappa shape index (κ1) is 18.8. The molecule has 0 bridgehead atoms. The first-order valence-electron chi connectivity index (χ1n) is 7.65. The second-order valence-corrected chi connectivity index (χ2v) is 7.94. The number of halogens is 1. The lowest BCUT2D eigenvalue weighted by atomic mass is 10.0. The monoisotopic (exact) mass is 401 g/mol. The predicted molar refractivity (Wildman–Crippen MR) is 94.0 cm³/mol. The maximum atomic E-state index is 12.3. The Hall–Kier alpha value is -1.54. The van der Waals surface area contributed by atoms with Crippen LogP contribution in [0.2, 0.25) is 0 Å². The maximum Gasteiger partial charge on any atom is 0.410 e. The third kappa shape index (κ3) is 4.30. The van der Waals surface area contributed by atoms with Crippen LogP contribution in [0.4, 0.5) is 10.6 Å². The van der Waals surface area contributed by atoms with E-state index in [1.54, 1.807) is 24.3 Å². The van der Waals surface area contributed by atoms with Gasteiger partial charge in [0.15, 0.2) is 11.6 Å². The molecule has 0 spiro atoms. The summed E-state index contributed by atoms with van der Waals surface area (Å²) in [7, 11) is 1.59. The molecule has 1 amide bonds. The van der Waals surface area contributed by atoms with Crippen molar-refractivity contribution in [2.45, 2.75) is 45.0 Å². The fourth-order valence-electron chi connectivity index (χ4n) is 2.44. The Labute approximate surface area is 150 Å². The normalized spacial score (nSPS) is 24.1. The second-order valence-electron chi connectivity index (χ2n) is 7.02. The van der Waals surface area contributed by atoms with E-state index in [0.29, 0.717) is 18.8 Å². The highest BCUT2D eigenvalue weighted by molar-refractivity contribution is 9.10. The summed E-state index contributed by atoms with van der Waals surface area (Å²) in [4.78, 5) is 18.0. The van der Waals surface area contributed by atoms with Crippen molar-refractivity contribution in [3.63, 3.8) is 0 Å². The Morgan fingerprint density at radius 3 is 2.75 bits per heavy atom. The number of hydrogen-bond donors (Lipinski definition) is 1. The van der Waals surface area contributed by atoms with E-state index in [2.05, 4.69) is 20.9 Å². The van der Waals surface area contributed by atoms with Gasteiger partial charge >= 0.3 is 6.09 Å². The quantitative estimate of drug-likeness (QED) is 0.837.